The Balaban J connectivity index is 1.85. The minimum atomic E-state index is -0.628. The Labute approximate surface area is 242 Å². The van der Waals surface area contributed by atoms with Crippen molar-refractivity contribution in [3.05, 3.63) is 0 Å². The molecule has 0 spiro atoms. The Bertz CT molecular complexity index is 732. The number of esters is 2. The van der Waals surface area contributed by atoms with Crippen LogP contribution in [0.25, 0.3) is 0 Å². The lowest BCUT2D eigenvalue weighted by atomic mass is 9.87. The fraction of sp³-hybridized carbons (Fsp3) is 0.889. The molecule has 2 saturated heterocycles. The Hall–Kier alpha value is -0.430. The second-order valence-corrected chi connectivity index (χ2v) is 14.8. The van der Waals surface area contributed by atoms with Crippen LogP contribution in [0.15, 0.2) is 0 Å². The maximum atomic E-state index is 12.9. The largest absolute Gasteiger partial charge is 0.464 e. The van der Waals surface area contributed by atoms with Crippen LogP contribution in [0, 0.1) is 10.8 Å². The Morgan fingerprint density at radius 3 is 1.29 bits per heavy atom. The fourth-order valence-electron chi connectivity index (χ4n) is 3.74. The highest BCUT2D eigenvalue weighted by molar-refractivity contribution is 8.47. The molecule has 8 nitrogen and oxygen atoms in total. The predicted octanol–water partition coefficient (Wildman–Crippen LogP) is 5.74. The van der Waals surface area contributed by atoms with Crippen LogP contribution in [0.1, 0.15) is 81.1 Å². The summed E-state index contributed by atoms with van der Waals surface area (Å²) in [5.41, 5.74) is -0.721. The summed E-state index contributed by atoms with van der Waals surface area (Å²) in [7, 11) is 0. The Kier molecular flexibility index (Phi) is 12.9. The predicted molar refractivity (Wildman–Crippen MR) is 155 cm³/mol. The molecule has 0 amide bonds. The third-order valence-electron chi connectivity index (χ3n) is 7.19. The third-order valence-corrected chi connectivity index (χ3v) is 10.3. The molecule has 11 heteroatoms. The topological polar surface area (TPSA) is 89.5 Å². The minimum absolute atomic E-state index is 0.225. The normalized spacial score (nSPS) is 23.2. The van der Waals surface area contributed by atoms with E-state index in [1.807, 2.05) is 55.4 Å². The SMILES string of the molecule is CCC(SC(=S)SC(CC)C(=O)OCC1(CC)COC(C)(C)OC1)C(=O)OCC1(CC)COC(C)(C)OC1. The molecule has 220 valence electrons. The first kappa shape index (κ1) is 33.8. The van der Waals surface area contributed by atoms with Crippen LogP contribution < -0.4 is 0 Å². The third kappa shape index (κ3) is 9.89. The quantitative estimate of drug-likeness (QED) is 0.205. The van der Waals surface area contributed by atoms with Crippen LogP contribution in [0.4, 0.5) is 0 Å². The van der Waals surface area contributed by atoms with Crippen molar-refractivity contribution in [3.8, 4) is 0 Å². The van der Waals surface area contributed by atoms with E-state index in [1.54, 1.807) is 0 Å². The fourth-order valence-corrected chi connectivity index (χ4v) is 6.49. The second-order valence-electron chi connectivity index (χ2n) is 11.2. The molecule has 0 radical (unpaired) electrons. The van der Waals surface area contributed by atoms with Crippen molar-refractivity contribution < 1.29 is 38.0 Å². The number of rotatable bonds is 12. The van der Waals surface area contributed by atoms with Gasteiger partial charge in [-0.3, -0.25) is 9.59 Å². The summed E-state index contributed by atoms with van der Waals surface area (Å²) in [6, 6.07) is 0. The van der Waals surface area contributed by atoms with Gasteiger partial charge in [-0.15, -0.1) is 0 Å². The van der Waals surface area contributed by atoms with Crippen molar-refractivity contribution in [1.82, 2.24) is 0 Å². The van der Waals surface area contributed by atoms with E-state index in [-0.39, 0.29) is 36.0 Å². The molecule has 0 N–H and O–H groups in total. The lowest BCUT2D eigenvalue weighted by molar-refractivity contribution is -0.291. The number of carbonyl (C=O) groups is 2. The lowest BCUT2D eigenvalue weighted by Crippen LogP contribution is -2.49. The van der Waals surface area contributed by atoms with E-state index in [0.29, 0.717) is 42.8 Å². The summed E-state index contributed by atoms with van der Waals surface area (Å²) in [5.74, 6) is -1.90. The van der Waals surface area contributed by atoms with Crippen LogP contribution in [0.2, 0.25) is 0 Å². The minimum Gasteiger partial charge on any atom is -0.464 e. The smallest absolute Gasteiger partial charge is 0.319 e. The highest BCUT2D eigenvalue weighted by atomic mass is 32.2. The van der Waals surface area contributed by atoms with Gasteiger partial charge >= 0.3 is 11.9 Å². The molecule has 38 heavy (non-hydrogen) atoms. The number of hydrogen-bond donors (Lipinski definition) is 0. The highest BCUT2D eigenvalue weighted by Gasteiger charge is 2.42. The van der Waals surface area contributed by atoms with Gasteiger partial charge < -0.3 is 28.4 Å². The first-order chi connectivity index (χ1) is 17.7. The van der Waals surface area contributed by atoms with Crippen LogP contribution in [-0.2, 0) is 38.0 Å². The highest BCUT2D eigenvalue weighted by Crippen LogP contribution is 2.36. The van der Waals surface area contributed by atoms with Gasteiger partial charge in [0.15, 0.2) is 11.6 Å². The first-order valence-electron chi connectivity index (χ1n) is 13.5. The molecular weight excluding hydrogens is 548 g/mol. The molecule has 2 aliphatic heterocycles. The van der Waals surface area contributed by atoms with Gasteiger partial charge in [-0.25, -0.2) is 0 Å². The molecule has 0 aliphatic carbocycles. The van der Waals surface area contributed by atoms with Gasteiger partial charge in [0, 0.05) is 0 Å². The van der Waals surface area contributed by atoms with E-state index < -0.39 is 22.1 Å². The molecule has 0 aromatic heterocycles. The standard InChI is InChI=1S/C27H46O8S3/c1-9-19(21(28)30-13-26(11-3)15-32-24(5,6)33-16-26)37-23(36)38-20(10-2)22(29)31-14-27(12-4)17-34-25(7,8)35-18-27/h19-20H,9-18H2,1-8H3. The zero-order valence-electron chi connectivity index (χ0n) is 24.2. The van der Waals surface area contributed by atoms with Crippen molar-refractivity contribution in [1.29, 1.82) is 0 Å². The zero-order chi connectivity index (χ0) is 28.6. The number of ether oxygens (including phenoxy) is 6. The molecule has 0 saturated carbocycles. The van der Waals surface area contributed by atoms with Crippen molar-refractivity contribution in [3.63, 3.8) is 0 Å². The zero-order valence-corrected chi connectivity index (χ0v) is 26.7. The average molecular weight is 595 g/mol. The molecular formula is C27H46O8S3. The summed E-state index contributed by atoms with van der Waals surface area (Å²) in [6.45, 7) is 17.8. The molecule has 2 unspecified atom stereocenters. The van der Waals surface area contributed by atoms with Crippen LogP contribution >= 0.6 is 35.7 Å². The summed E-state index contributed by atoms with van der Waals surface area (Å²) in [5, 5.41) is -0.912. The van der Waals surface area contributed by atoms with Crippen molar-refractivity contribution in [2.24, 2.45) is 10.8 Å². The van der Waals surface area contributed by atoms with E-state index in [0.717, 1.165) is 12.8 Å². The van der Waals surface area contributed by atoms with Gasteiger partial charge in [-0.05, 0) is 53.4 Å². The van der Waals surface area contributed by atoms with Gasteiger partial charge in [0.05, 0.1) is 37.3 Å². The van der Waals surface area contributed by atoms with Crippen molar-refractivity contribution in [2.45, 2.75) is 103 Å². The van der Waals surface area contributed by atoms with Gasteiger partial charge in [0.1, 0.15) is 27.2 Å². The Morgan fingerprint density at radius 2 is 1.03 bits per heavy atom. The van der Waals surface area contributed by atoms with Crippen LogP contribution in [0.3, 0.4) is 0 Å². The first-order valence-corrected chi connectivity index (χ1v) is 15.7. The van der Waals surface area contributed by atoms with Gasteiger partial charge in [0.25, 0.3) is 0 Å². The van der Waals surface area contributed by atoms with Gasteiger partial charge in [0.2, 0.25) is 0 Å². The summed E-state index contributed by atoms with van der Waals surface area (Å²) >= 11 is 8.10. The number of thiocarbonyl (C=S) groups is 1. The van der Waals surface area contributed by atoms with Gasteiger partial charge in [-0.2, -0.15) is 0 Å². The summed E-state index contributed by atoms with van der Waals surface area (Å²) < 4.78 is 35.2. The van der Waals surface area contributed by atoms with E-state index in [9.17, 15) is 9.59 Å². The van der Waals surface area contributed by atoms with E-state index in [4.69, 9.17) is 40.6 Å². The van der Waals surface area contributed by atoms with Crippen molar-refractivity contribution >= 4 is 51.2 Å². The molecule has 0 aromatic rings. The van der Waals surface area contributed by atoms with Gasteiger partial charge in [-0.1, -0.05) is 63.4 Å². The summed E-state index contributed by atoms with van der Waals surface area (Å²) in [6.07, 6.45) is 2.65. The molecule has 0 bridgehead atoms. The molecule has 2 heterocycles. The number of hydrogen-bond acceptors (Lipinski definition) is 11. The lowest BCUT2D eigenvalue weighted by Gasteiger charge is -2.42. The molecule has 2 rings (SSSR count). The van der Waals surface area contributed by atoms with Crippen LogP contribution in [-0.4, -0.2) is 77.2 Å². The van der Waals surface area contributed by atoms with E-state index in [2.05, 4.69) is 0 Å². The number of carbonyl (C=O) groups excluding carboxylic acids is 2. The summed E-state index contributed by atoms with van der Waals surface area (Å²) in [4.78, 5) is 25.8. The molecule has 2 aliphatic rings. The maximum Gasteiger partial charge on any atom is 0.319 e. The van der Waals surface area contributed by atoms with Crippen molar-refractivity contribution in [2.75, 3.05) is 39.6 Å². The van der Waals surface area contributed by atoms with Crippen LogP contribution in [0.5, 0.6) is 0 Å². The molecule has 2 atom stereocenters. The van der Waals surface area contributed by atoms with E-state index in [1.165, 1.54) is 23.5 Å². The molecule has 0 aromatic carbocycles. The average Bonchev–Trinajstić information content (AvgIpc) is 2.89. The molecule has 2 fully saturated rings. The monoisotopic (exact) mass is 594 g/mol. The second kappa shape index (κ2) is 14.5. The van der Waals surface area contributed by atoms with E-state index >= 15 is 0 Å². The maximum absolute atomic E-state index is 12.9. The number of thioether (sulfide) groups is 2. The Morgan fingerprint density at radius 1 is 0.711 bits per heavy atom.